The molecule has 0 heterocycles. The maximum absolute atomic E-state index is 13.1. The van der Waals surface area contributed by atoms with Crippen molar-refractivity contribution in [3.63, 3.8) is 0 Å². The lowest BCUT2D eigenvalue weighted by atomic mass is 9.98. The minimum absolute atomic E-state index is 0.141. The number of rotatable bonds is 6. The van der Waals surface area contributed by atoms with E-state index in [1.165, 1.54) is 56.9 Å². The summed E-state index contributed by atoms with van der Waals surface area (Å²) in [6.07, 6.45) is 11.6. The van der Waals surface area contributed by atoms with Crippen molar-refractivity contribution in [2.75, 3.05) is 0 Å². The molecule has 1 saturated carbocycles. The Hall–Kier alpha value is -0.890. The summed E-state index contributed by atoms with van der Waals surface area (Å²) >= 11 is 0. The van der Waals surface area contributed by atoms with Gasteiger partial charge in [-0.2, -0.15) is 0 Å². The van der Waals surface area contributed by atoms with Crippen molar-refractivity contribution in [1.29, 1.82) is 0 Å². The van der Waals surface area contributed by atoms with E-state index in [1.54, 1.807) is 12.1 Å². The minimum atomic E-state index is -0.141. The first-order chi connectivity index (χ1) is 9.79. The lowest BCUT2D eigenvalue weighted by Gasteiger charge is -2.25. The first kappa shape index (κ1) is 15.5. The standard InChI is InChI=1S/C18H28FN/c1-2-3-10-18(15-11-13-16(19)14-12-15)20-17-8-6-4-5-7-9-17/h11-14,17-18,20H,2-10H2,1H3. The summed E-state index contributed by atoms with van der Waals surface area (Å²) in [7, 11) is 0. The van der Waals surface area contributed by atoms with Crippen molar-refractivity contribution in [3.8, 4) is 0 Å². The predicted octanol–water partition coefficient (Wildman–Crippen LogP) is 5.37. The summed E-state index contributed by atoms with van der Waals surface area (Å²) < 4.78 is 13.1. The molecule has 1 N–H and O–H groups in total. The van der Waals surface area contributed by atoms with E-state index in [9.17, 15) is 4.39 Å². The van der Waals surface area contributed by atoms with Crippen LogP contribution < -0.4 is 5.32 Å². The zero-order chi connectivity index (χ0) is 14.2. The van der Waals surface area contributed by atoms with Crippen molar-refractivity contribution in [2.45, 2.75) is 76.8 Å². The second-order valence-electron chi connectivity index (χ2n) is 6.10. The van der Waals surface area contributed by atoms with E-state index in [2.05, 4.69) is 12.2 Å². The number of unbranched alkanes of at least 4 members (excludes halogenated alkanes) is 1. The molecular weight excluding hydrogens is 249 g/mol. The summed E-state index contributed by atoms with van der Waals surface area (Å²) in [6.45, 7) is 2.23. The topological polar surface area (TPSA) is 12.0 Å². The number of hydrogen-bond acceptors (Lipinski definition) is 1. The smallest absolute Gasteiger partial charge is 0.123 e. The molecule has 1 aromatic rings. The lowest BCUT2D eigenvalue weighted by molar-refractivity contribution is 0.378. The van der Waals surface area contributed by atoms with Gasteiger partial charge in [0.1, 0.15) is 5.82 Å². The third kappa shape index (κ3) is 4.90. The van der Waals surface area contributed by atoms with Gasteiger partial charge in [-0.3, -0.25) is 0 Å². The van der Waals surface area contributed by atoms with Crippen LogP contribution in [0.2, 0.25) is 0 Å². The zero-order valence-electron chi connectivity index (χ0n) is 12.7. The molecule has 112 valence electrons. The highest BCUT2D eigenvalue weighted by Gasteiger charge is 2.18. The van der Waals surface area contributed by atoms with Gasteiger partial charge < -0.3 is 5.32 Å². The number of nitrogens with one attached hydrogen (secondary N) is 1. The van der Waals surface area contributed by atoms with Crippen LogP contribution in [0.15, 0.2) is 24.3 Å². The number of benzene rings is 1. The molecule has 2 heteroatoms. The van der Waals surface area contributed by atoms with Gasteiger partial charge >= 0.3 is 0 Å². The molecule has 0 aliphatic heterocycles. The number of hydrogen-bond donors (Lipinski definition) is 1. The zero-order valence-corrected chi connectivity index (χ0v) is 12.7. The quantitative estimate of drug-likeness (QED) is 0.689. The molecule has 0 saturated heterocycles. The van der Waals surface area contributed by atoms with Crippen LogP contribution >= 0.6 is 0 Å². The Morgan fingerprint density at radius 2 is 1.75 bits per heavy atom. The van der Waals surface area contributed by atoms with Gasteiger partial charge in [0.05, 0.1) is 0 Å². The highest BCUT2D eigenvalue weighted by molar-refractivity contribution is 5.20. The third-order valence-corrected chi connectivity index (χ3v) is 4.41. The van der Waals surface area contributed by atoms with Crippen molar-refractivity contribution < 1.29 is 4.39 Å². The van der Waals surface area contributed by atoms with E-state index in [0.717, 1.165) is 6.42 Å². The first-order valence-electron chi connectivity index (χ1n) is 8.31. The molecule has 1 unspecified atom stereocenters. The van der Waals surface area contributed by atoms with Crippen LogP contribution in [0.25, 0.3) is 0 Å². The monoisotopic (exact) mass is 277 g/mol. The highest BCUT2D eigenvalue weighted by atomic mass is 19.1. The summed E-state index contributed by atoms with van der Waals surface area (Å²) in [4.78, 5) is 0. The average Bonchev–Trinajstić information content (AvgIpc) is 2.73. The van der Waals surface area contributed by atoms with Crippen LogP contribution in [-0.4, -0.2) is 6.04 Å². The third-order valence-electron chi connectivity index (χ3n) is 4.41. The van der Waals surface area contributed by atoms with Gasteiger partial charge in [0.25, 0.3) is 0 Å². The Morgan fingerprint density at radius 1 is 1.10 bits per heavy atom. The summed E-state index contributed by atoms with van der Waals surface area (Å²) in [6, 6.07) is 8.09. The average molecular weight is 277 g/mol. The van der Waals surface area contributed by atoms with Crippen LogP contribution in [0.1, 0.15) is 76.3 Å². The SMILES string of the molecule is CCCCC(NC1CCCCCC1)c1ccc(F)cc1. The van der Waals surface area contributed by atoms with Crippen molar-refractivity contribution in [2.24, 2.45) is 0 Å². The molecule has 0 spiro atoms. The molecule has 1 aromatic carbocycles. The molecule has 0 amide bonds. The fourth-order valence-electron chi connectivity index (χ4n) is 3.18. The Bertz CT molecular complexity index is 366. The molecular formula is C18H28FN. The molecule has 1 atom stereocenters. The molecule has 1 nitrogen and oxygen atoms in total. The van der Waals surface area contributed by atoms with Crippen LogP contribution in [0.5, 0.6) is 0 Å². The maximum atomic E-state index is 13.1. The van der Waals surface area contributed by atoms with Crippen LogP contribution in [0.4, 0.5) is 4.39 Å². The molecule has 1 fully saturated rings. The molecule has 0 aromatic heterocycles. The number of halogens is 1. The maximum Gasteiger partial charge on any atom is 0.123 e. The van der Waals surface area contributed by atoms with E-state index in [-0.39, 0.29) is 5.82 Å². The van der Waals surface area contributed by atoms with E-state index in [0.29, 0.717) is 12.1 Å². The fourth-order valence-corrected chi connectivity index (χ4v) is 3.18. The predicted molar refractivity (Wildman–Crippen MR) is 83.3 cm³/mol. The first-order valence-corrected chi connectivity index (χ1v) is 8.31. The van der Waals surface area contributed by atoms with Gasteiger partial charge in [0.2, 0.25) is 0 Å². The van der Waals surface area contributed by atoms with E-state index in [4.69, 9.17) is 0 Å². The van der Waals surface area contributed by atoms with Gasteiger partial charge in [-0.05, 0) is 37.0 Å². The Labute approximate surface area is 123 Å². The van der Waals surface area contributed by atoms with E-state index < -0.39 is 0 Å². The largest absolute Gasteiger partial charge is 0.307 e. The van der Waals surface area contributed by atoms with Gasteiger partial charge in [0.15, 0.2) is 0 Å². The molecule has 1 aliphatic carbocycles. The molecule has 0 bridgehead atoms. The minimum Gasteiger partial charge on any atom is -0.307 e. The fraction of sp³-hybridized carbons (Fsp3) is 0.667. The molecule has 1 aliphatic rings. The van der Waals surface area contributed by atoms with E-state index in [1.807, 2.05) is 12.1 Å². The Balaban J connectivity index is 2.00. The van der Waals surface area contributed by atoms with Crippen LogP contribution in [-0.2, 0) is 0 Å². The van der Waals surface area contributed by atoms with E-state index >= 15 is 0 Å². The molecule has 0 radical (unpaired) electrons. The second kappa shape index (κ2) is 8.41. The molecule has 20 heavy (non-hydrogen) atoms. The van der Waals surface area contributed by atoms with Gasteiger partial charge in [0, 0.05) is 12.1 Å². The van der Waals surface area contributed by atoms with Gasteiger partial charge in [-0.15, -0.1) is 0 Å². The van der Waals surface area contributed by atoms with Crippen molar-refractivity contribution in [3.05, 3.63) is 35.6 Å². The van der Waals surface area contributed by atoms with Crippen molar-refractivity contribution >= 4 is 0 Å². The summed E-state index contributed by atoms with van der Waals surface area (Å²) in [5.41, 5.74) is 1.24. The molecule has 2 rings (SSSR count). The normalized spacial score (nSPS) is 18.7. The summed E-state index contributed by atoms with van der Waals surface area (Å²) in [5, 5.41) is 3.84. The lowest BCUT2D eigenvalue weighted by Crippen LogP contribution is -2.32. The summed E-state index contributed by atoms with van der Waals surface area (Å²) in [5.74, 6) is -0.141. The Morgan fingerprint density at radius 3 is 2.35 bits per heavy atom. The van der Waals surface area contributed by atoms with Crippen LogP contribution in [0, 0.1) is 5.82 Å². The van der Waals surface area contributed by atoms with Gasteiger partial charge in [-0.25, -0.2) is 4.39 Å². The van der Waals surface area contributed by atoms with Gasteiger partial charge in [-0.1, -0.05) is 57.6 Å². The highest BCUT2D eigenvalue weighted by Crippen LogP contribution is 2.24. The van der Waals surface area contributed by atoms with Crippen LogP contribution in [0.3, 0.4) is 0 Å². The Kier molecular flexibility index (Phi) is 6.52. The second-order valence-corrected chi connectivity index (χ2v) is 6.10. The van der Waals surface area contributed by atoms with Crippen molar-refractivity contribution in [1.82, 2.24) is 5.32 Å².